The fraction of sp³-hybridized carbons (Fsp3) is 0.300. The van der Waals surface area contributed by atoms with Crippen LogP contribution in [-0.4, -0.2) is 22.2 Å². The number of aromatic amines is 1. The van der Waals surface area contributed by atoms with E-state index in [-0.39, 0.29) is 12.0 Å². The number of aromatic nitrogens is 2. The molecule has 6 heteroatoms. The molecular formula is C20H20IN3O2. The predicted molar refractivity (Wildman–Crippen MR) is 110 cm³/mol. The van der Waals surface area contributed by atoms with E-state index in [1.807, 2.05) is 48.5 Å². The molecule has 26 heavy (non-hydrogen) atoms. The summed E-state index contributed by atoms with van der Waals surface area (Å²) in [4.78, 5) is 13.0. The van der Waals surface area contributed by atoms with Gasteiger partial charge in [0, 0.05) is 11.1 Å². The molecule has 1 heterocycles. The van der Waals surface area contributed by atoms with Crippen LogP contribution in [0.4, 0.5) is 5.69 Å². The number of amides is 1. The average molecular weight is 461 g/mol. The first-order valence-electron chi connectivity index (χ1n) is 8.85. The lowest BCUT2D eigenvalue weighted by Gasteiger charge is -2.22. The largest absolute Gasteiger partial charge is 0.360 e. The summed E-state index contributed by atoms with van der Waals surface area (Å²) in [5, 5.41) is 11.2. The number of hydrogen-bond acceptors (Lipinski definition) is 3. The number of carbonyl (C=O) groups is 1. The lowest BCUT2D eigenvalue weighted by molar-refractivity contribution is -0.131. The Morgan fingerprint density at radius 2 is 1.96 bits per heavy atom. The summed E-state index contributed by atoms with van der Waals surface area (Å²) in [5.41, 5.74) is 2.52. The van der Waals surface area contributed by atoms with Crippen LogP contribution in [0.3, 0.4) is 0 Å². The van der Waals surface area contributed by atoms with Gasteiger partial charge < -0.3 is 10.1 Å². The molecule has 1 saturated carbocycles. The molecule has 0 radical (unpaired) electrons. The van der Waals surface area contributed by atoms with E-state index in [4.69, 9.17) is 4.74 Å². The molecule has 1 amide bonds. The van der Waals surface area contributed by atoms with E-state index < -0.39 is 6.10 Å². The van der Waals surface area contributed by atoms with Gasteiger partial charge in [-0.3, -0.25) is 9.89 Å². The van der Waals surface area contributed by atoms with Crippen molar-refractivity contribution in [3.63, 3.8) is 0 Å². The Kier molecular flexibility index (Phi) is 5.21. The van der Waals surface area contributed by atoms with Gasteiger partial charge in [-0.1, -0.05) is 43.2 Å². The Hall–Kier alpha value is -1.93. The second-order valence-corrected chi connectivity index (χ2v) is 7.67. The van der Waals surface area contributed by atoms with E-state index in [1.54, 1.807) is 0 Å². The maximum absolute atomic E-state index is 13.0. The van der Waals surface area contributed by atoms with Crippen LogP contribution in [0.15, 0.2) is 48.5 Å². The third kappa shape index (κ3) is 3.76. The molecule has 4 rings (SSSR count). The number of hydrogen-bond donors (Lipinski definition) is 2. The summed E-state index contributed by atoms with van der Waals surface area (Å²) >= 11 is 2.20. The van der Waals surface area contributed by atoms with Crippen LogP contribution >= 0.6 is 22.6 Å². The Morgan fingerprint density at radius 1 is 1.19 bits per heavy atom. The van der Waals surface area contributed by atoms with Gasteiger partial charge in [-0.2, -0.15) is 5.10 Å². The van der Waals surface area contributed by atoms with Gasteiger partial charge in [-0.05, 0) is 59.2 Å². The van der Waals surface area contributed by atoms with Crippen LogP contribution in [0.25, 0.3) is 10.9 Å². The summed E-state index contributed by atoms with van der Waals surface area (Å²) in [6.45, 7) is 0. The Balaban J connectivity index is 1.57. The minimum absolute atomic E-state index is 0.138. The van der Waals surface area contributed by atoms with Crippen LogP contribution in [0.1, 0.15) is 37.4 Å². The monoisotopic (exact) mass is 461 g/mol. The molecule has 1 aliphatic rings. The number of fused-ring (bicyclic) bond motifs is 1. The molecule has 1 fully saturated rings. The fourth-order valence-electron chi connectivity index (χ4n) is 3.40. The third-order valence-electron chi connectivity index (χ3n) is 4.75. The molecule has 1 aliphatic carbocycles. The van der Waals surface area contributed by atoms with E-state index in [0.29, 0.717) is 0 Å². The molecule has 1 atom stereocenters. The number of halogens is 1. The molecule has 0 aliphatic heterocycles. The van der Waals surface area contributed by atoms with Gasteiger partial charge in [0.15, 0.2) is 6.10 Å². The number of H-pyrrole nitrogens is 1. The minimum Gasteiger partial charge on any atom is -0.360 e. The van der Waals surface area contributed by atoms with Crippen LogP contribution in [-0.2, 0) is 9.53 Å². The Labute approximate surface area is 165 Å². The second kappa shape index (κ2) is 7.75. The van der Waals surface area contributed by atoms with Crippen molar-refractivity contribution in [3.05, 3.63) is 57.8 Å². The van der Waals surface area contributed by atoms with E-state index in [9.17, 15) is 4.79 Å². The molecule has 5 nitrogen and oxygen atoms in total. The number of benzene rings is 2. The highest BCUT2D eigenvalue weighted by molar-refractivity contribution is 14.1. The van der Waals surface area contributed by atoms with Crippen molar-refractivity contribution >= 4 is 45.1 Å². The molecule has 1 unspecified atom stereocenters. The van der Waals surface area contributed by atoms with E-state index in [0.717, 1.165) is 38.7 Å². The second-order valence-electron chi connectivity index (χ2n) is 6.59. The van der Waals surface area contributed by atoms with Gasteiger partial charge in [-0.15, -0.1) is 0 Å². The molecule has 0 spiro atoms. The van der Waals surface area contributed by atoms with Crippen molar-refractivity contribution in [2.45, 2.75) is 37.9 Å². The van der Waals surface area contributed by atoms with E-state index >= 15 is 0 Å². The summed E-state index contributed by atoms with van der Waals surface area (Å²) in [6.07, 6.45) is 3.94. The first-order valence-corrected chi connectivity index (χ1v) is 9.93. The molecule has 0 bridgehead atoms. The number of nitrogens with one attached hydrogen (secondary N) is 2. The maximum atomic E-state index is 13.0. The quantitative estimate of drug-likeness (QED) is 0.537. The summed E-state index contributed by atoms with van der Waals surface area (Å²) in [5.74, 6) is -0.138. The number of rotatable bonds is 5. The normalized spacial score (nSPS) is 16.0. The highest BCUT2D eigenvalue weighted by Gasteiger charge is 2.27. The zero-order chi connectivity index (χ0) is 17.9. The van der Waals surface area contributed by atoms with Crippen LogP contribution < -0.4 is 5.32 Å². The molecule has 0 saturated heterocycles. The molecule has 2 aromatic carbocycles. The Morgan fingerprint density at radius 3 is 2.73 bits per heavy atom. The van der Waals surface area contributed by atoms with Crippen molar-refractivity contribution in [1.82, 2.24) is 10.2 Å². The molecule has 2 N–H and O–H groups in total. The van der Waals surface area contributed by atoms with Gasteiger partial charge in [0.2, 0.25) is 0 Å². The van der Waals surface area contributed by atoms with Gasteiger partial charge in [0.1, 0.15) is 3.70 Å². The average Bonchev–Trinajstić information content (AvgIpc) is 3.30. The lowest BCUT2D eigenvalue weighted by atomic mass is 10.1. The Bertz CT molecular complexity index is 904. The number of ether oxygens (including phenoxy) is 1. The zero-order valence-electron chi connectivity index (χ0n) is 14.2. The predicted octanol–water partition coefficient (Wildman–Crippen LogP) is 4.81. The van der Waals surface area contributed by atoms with Gasteiger partial charge in [-0.25, -0.2) is 0 Å². The van der Waals surface area contributed by atoms with Crippen molar-refractivity contribution in [3.8, 4) is 0 Å². The van der Waals surface area contributed by atoms with Gasteiger partial charge in [0.25, 0.3) is 5.91 Å². The minimum atomic E-state index is -0.599. The third-order valence-corrected chi connectivity index (χ3v) is 5.57. The van der Waals surface area contributed by atoms with E-state index in [1.165, 1.54) is 12.8 Å². The fourth-order valence-corrected chi connectivity index (χ4v) is 3.95. The van der Waals surface area contributed by atoms with E-state index in [2.05, 4.69) is 38.1 Å². The van der Waals surface area contributed by atoms with Crippen LogP contribution in [0.5, 0.6) is 0 Å². The van der Waals surface area contributed by atoms with Crippen molar-refractivity contribution < 1.29 is 9.53 Å². The van der Waals surface area contributed by atoms with Crippen LogP contribution in [0.2, 0.25) is 0 Å². The highest BCUT2D eigenvalue weighted by Crippen LogP contribution is 2.29. The number of anilines is 1. The number of carbonyl (C=O) groups excluding carboxylic acids is 1. The zero-order valence-corrected chi connectivity index (χ0v) is 16.4. The van der Waals surface area contributed by atoms with Gasteiger partial charge >= 0.3 is 0 Å². The summed E-state index contributed by atoms with van der Waals surface area (Å²) in [6, 6.07) is 15.4. The lowest BCUT2D eigenvalue weighted by Crippen LogP contribution is -2.26. The van der Waals surface area contributed by atoms with Crippen molar-refractivity contribution in [1.29, 1.82) is 0 Å². The molecular weight excluding hydrogens is 441 g/mol. The molecule has 134 valence electrons. The summed E-state index contributed by atoms with van der Waals surface area (Å²) < 4.78 is 7.15. The maximum Gasteiger partial charge on any atom is 0.258 e. The first-order chi connectivity index (χ1) is 12.7. The van der Waals surface area contributed by atoms with Crippen molar-refractivity contribution in [2.24, 2.45) is 0 Å². The standard InChI is InChI=1S/C20H20IN3O2/c21-19-16-12-14(10-11-17(16)23-24-19)22-20(25)18(13-6-2-1-3-7-13)26-15-8-4-5-9-15/h1-3,6-7,10-12,15,18H,4-5,8-9H2,(H,22,25)(H,23,24). The summed E-state index contributed by atoms with van der Waals surface area (Å²) in [7, 11) is 0. The van der Waals surface area contributed by atoms with Crippen LogP contribution in [0, 0.1) is 3.70 Å². The van der Waals surface area contributed by atoms with Gasteiger partial charge in [0.05, 0.1) is 11.6 Å². The number of nitrogens with zero attached hydrogens (tertiary/aromatic N) is 1. The smallest absolute Gasteiger partial charge is 0.258 e. The highest BCUT2D eigenvalue weighted by atomic mass is 127. The molecule has 1 aromatic heterocycles. The molecule has 3 aromatic rings. The first kappa shape index (κ1) is 17.5. The SMILES string of the molecule is O=C(Nc1ccc2n[nH]c(I)c2c1)C(OC1CCCC1)c1ccccc1. The topological polar surface area (TPSA) is 67.0 Å². The van der Waals surface area contributed by atoms with Crippen molar-refractivity contribution in [2.75, 3.05) is 5.32 Å².